The summed E-state index contributed by atoms with van der Waals surface area (Å²) in [5.41, 5.74) is 3.34. The standard InChI is InChI=1S/C23H30N4O2/c1-26(18-20-10-12-21(13-11-20)27-14-6-3-7-15-27)22(28)17-25-23(29)24-16-19-8-4-2-5-9-19/h2,4-5,8-13H,3,6-7,14-18H2,1H3,(H2,24,25,29). The fraction of sp³-hybridized carbons (Fsp3) is 0.391. The number of nitrogens with one attached hydrogen (secondary N) is 2. The highest BCUT2D eigenvalue weighted by Crippen LogP contribution is 2.20. The Balaban J connectivity index is 1.39. The van der Waals surface area contributed by atoms with Crippen LogP contribution in [0.15, 0.2) is 54.6 Å². The molecule has 0 spiro atoms. The molecule has 0 saturated carbocycles. The lowest BCUT2D eigenvalue weighted by atomic mass is 10.1. The molecular weight excluding hydrogens is 364 g/mol. The van der Waals surface area contributed by atoms with Gasteiger partial charge in [0.25, 0.3) is 0 Å². The van der Waals surface area contributed by atoms with Crippen LogP contribution in [-0.2, 0) is 17.9 Å². The molecule has 3 rings (SSSR count). The van der Waals surface area contributed by atoms with Crippen LogP contribution in [0.4, 0.5) is 10.5 Å². The molecule has 2 N–H and O–H groups in total. The third-order valence-corrected chi connectivity index (χ3v) is 5.20. The molecule has 0 aliphatic carbocycles. The molecular formula is C23H30N4O2. The molecule has 1 aliphatic heterocycles. The van der Waals surface area contributed by atoms with E-state index < -0.39 is 0 Å². The third-order valence-electron chi connectivity index (χ3n) is 5.20. The first-order valence-electron chi connectivity index (χ1n) is 10.3. The molecule has 6 nitrogen and oxygen atoms in total. The zero-order valence-electron chi connectivity index (χ0n) is 17.1. The van der Waals surface area contributed by atoms with Crippen molar-refractivity contribution in [3.05, 3.63) is 65.7 Å². The van der Waals surface area contributed by atoms with E-state index in [0.717, 1.165) is 24.2 Å². The van der Waals surface area contributed by atoms with Gasteiger partial charge in [-0.25, -0.2) is 4.79 Å². The van der Waals surface area contributed by atoms with E-state index >= 15 is 0 Å². The Morgan fingerprint density at radius 1 is 0.897 bits per heavy atom. The van der Waals surface area contributed by atoms with Gasteiger partial charge in [-0.15, -0.1) is 0 Å². The average Bonchev–Trinajstić information content (AvgIpc) is 2.77. The second-order valence-electron chi connectivity index (χ2n) is 7.49. The number of carbonyl (C=O) groups is 2. The number of piperidine rings is 1. The normalized spacial score (nSPS) is 13.6. The van der Waals surface area contributed by atoms with E-state index in [4.69, 9.17) is 0 Å². The summed E-state index contributed by atoms with van der Waals surface area (Å²) in [6, 6.07) is 17.7. The van der Waals surface area contributed by atoms with Crippen LogP contribution in [0.1, 0.15) is 30.4 Å². The van der Waals surface area contributed by atoms with Crippen molar-refractivity contribution < 1.29 is 9.59 Å². The molecule has 3 amide bonds. The topological polar surface area (TPSA) is 64.7 Å². The maximum atomic E-state index is 12.3. The highest BCUT2D eigenvalue weighted by Gasteiger charge is 2.13. The van der Waals surface area contributed by atoms with E-state index in [9.17, 15) is 9.59 Å². The van der Waals surface area contributed by atoms with Crippen molar-refractivity contribution in [3.63, 3.8) is 0 Å². The van der Waals surface area contributed by atoms with E-state index in [0.29, 0.717) is 13.1 Å². The fourth-order valence-corrected chi connectivity index (χ4v) is 3.46. The number of anilines is 1. The molecule has 2 aromatic carbocycles. The molecule has 1 fully saturated rings. The molecule has 2 aromatic rings. The van der Waals surface area contributed by atoms with Crippen LogP contribution in [0.3, 0.4) is 0 Å². The minimum absolute atomic E-state index is 0.0248. The third kappa shape index (κ3) is 6.52. The van der Waals surface area contributed by atoms with Crippen molar-refractivity contribution in [1.82, 2.24) is 15.5 Å². The van der Waals surface area contributed by atoms with Gasteiger partial charge in [0.15, 0.2) is 0 Å². The number of carbonyl (C=O) groups excluding carboxylic acids is 2. The van der Waals surface area contributed by atoms with Gasteiger partial charge in [0.1, 0.15) is 0 Å². The minimum atomic E-state index is -0.346. The summed E-state index contributed by atoms with van der Waals surface area (Å²) in [4.78, 5) is 28.3. The molecule has 29 heavy (non-hydrogen) atoms. The molecule has 0 aromatic heterocycles. The van der Waals surface area contributed by atoms with E-state index in [-0.39, 0.29) is 18.5 Å². The Kier molecular flexibility index (Phi) is 7.50. The Morgan fingerprint density at radius 2 is 1.59 bits per heavy atom. The molecule has 1 heterocycles. The second-order valence-corrected chi connectivity index (χ2v) is 7.49. The van der Waals surface area contributed by atoms with Crippen molar-refractivity contribution in [2.45, 2.75) is 32.4 Å². The number of benzene rings is 2. The quantitative estimate of drug-likeness (QED) is 0.758. The molecule has 0 atom stereocenters. The molecule has 154 valence electrons. The summed E-state index contributed by atoms with van der Waals surface area (Å²) >= 11 is 0. The van der Waals surface area contributed by atoms with E-state index in [1.165, 1.54) is 24.9 Å². The number of urea groups is 1. The van der Waals surface area contributed by atoms with Gasteiger partial charge in [0, 0.05) is 38.9 Å². The molecule has 0 bridgehead atoms. The number of nitrogens with zero attached hydrogens (tertiary/aromatic N) is 2. The first kappa shape index (κ1) is 20.7. The van der Waals surface area contributed by atoms with Gasteiger partial charge in [0.05, 0.1) is 6.54 Å². The lowest BCUT2D eigenvalue weighted by Crippen LogP contribution is -2.42. The van der Waals surface area contributed by atoms with Gasteiger partial charge in [-0.05, 0) is 42.5 Å². The van der Waals surface area contributed by atoms with E-state index in [1.54, 1.807) is 11.9 Å². The van der Waals surface area contributed by atoms with Crippen molar-refractivity contribution in [2.75, 3.05) is 31.6 Å². The first-order valence-corrected chi connectivity index (χ1v) is 10.3. The van der Waals surface area contributed by atoms with Crippen molar-refractivity contribution in [2.24, 2.45) is 0 Å². The van der Waals surface area contributed by atoms with Crippen LogP contribution in [0.25, 0.3) is 0 Å². The van der Waals surface area contributed by atoms with Crippen LogP contribution < -0.4 is 15.5 Å². The van der Waals surface area contributed by atoms with Gasteiger partial charge in [-0.3, -0.25) is 4.79 Å². The fourth-order valence-electron chi connectivity index (χ4n) is 3.46. The van der Waals surface area contributed by atoms with Crippen LogP contribution in [0.5, 0.6) is 0 Å². The van der Waals surface area contributed by atoms with Gasteiger partial charge < -0.3 is 20.4 Å². The number of hydrogen-bond donors (Lipinski definition) is 2. The minimum Gasteiger partial charge on any atom is -0.372 e. The van der Waals surface area contributed by atoms with Crippen LogP contribution >= 0.6 is 0 Å². The summed E-state index contributed by atoms with van der Waals surface area (Å²) in [6.45, 7) is 3.17. The highest BCUT2D eigenvalue weighted by molar-refractivity contribution is 5.83. The lowest BCUT2D eigenvalue weighted by Gasteiger charge is -2.29. The molecule has 0 radical (unpaired) electrons. The van der Waals surface area contributed by atoms with Gasteiger partial charge in [-0.1, -0.05) is 42.5 Å². The van der Waals surface area contributed by atoms with Crippen LogP contribution in [-0.4, -0.2) is 43.5 Å². The smallest absolute Gasteiger partial charge is 0.315 e. The lowest BCUT2D eigenvalue weighted by molar-refractivity contribution is -0.129. The van der Waals surface area contributed by atoms with Gasteiger partial charge >= 0.3 is 6.03 Å². The summed E-state index contributed by atoms with van der Waals surface area (Å²) < 4.78 is 0. The van der Waals surface area contributed by atoms with E-state index in [2.05, 4.69) is 39.8 Å². The molecule has 1 aliphatic rings. The summed E-state index contributed by atoms with van der Waals surface area (Å²) in [5.74, 6) is -0.125. The predicted octanol–water partition coefficient (Wildman–Crippen LogP) is 3.13. The maximum Gasteiger partial charge on any atom is 0.315 e. The first-order chi connectivity index (χ1) is 14.1. The summed E-state index contributed by atoms with van der Waals surface area (Å²) in [6.07, 6.45) is 3.83. The van der Waals surface area contributed by atoms with Crippen LogP contribution in [0, 0.1) is 0 Å². The number of rotatable bonds is 7. The molecule has 1 saturated heterocycles. The Morgan fingerprint density at radius 3 is 2.28 bits per heavy atom. The molecule has 0 unspecified atom stereocenters. The maximum absolute atomic E-state index is 12.3. The zero-order valence-corrected chi connectivity index (χ0v) is 17.1. The summed E-state index contributed by atoms with van der Waals surface area (Å²) in [5, 5.41) is 5.38. The predicted molar refractivity (Wildman–Crippen MR) is 116 cm³/mol. The number of amides is 3. The van der Waals surface area contributed by atoms with Crippen molar-refractivity contribution in [3.8, 4) is 0 Å². The number of likely N-dealkylation sites (N-methyl/N-ethyl adjacent to an activating group) is 1. The Labute approximate surface area is 172 Å². The molecule has 6 heteroatoms. The second kappa shape index (κ2) is 10.5. The Bertz CT molecular complexity index is 786. The van der Waals surface area contributed by atoms with Crippen molar-refractivity contribution >= 4 is 17.6 Å². The summed E-state index contributed by atoms with van der Waals surface area (Å²) in [7, 11) is 1.75. The van der Waals surface area contributed by atoms with E-state index in [1.807, 2.05) is 30.3 Å². The zero-order chi connectivity index (χ0) is 20.5. The van der Waals surface area contributed by atoms with Gasteiger partial charge in [-0.2, -0.15) is 0 Å². The highest BCUT2D eigenvalue weighted by atomic mass is 16.2. The monoisotopic (exact) mass is 394 g/mol. The number of hydrogen-bond acceptors (Lipinski definition) is 3. The van der Waals surface area contributed by atoms with Gasteiger partial charge in [0.2, 0.25) is 5.91 Å². The average molecular weight is 395 g/mol. The SMILES string of the molecule is CN(Cc1ccc(N2CCCCC2)cc1)C(=O)CNC(=O)NCc1ccccc1. The van der Waals surface area contributed by atoms with Crippen molar-refractivity contribution in [1.29, 1.82) is 0 Å². The Hall–Kier alpha value is -3.02. The largest absolute Gasteiger partial charge is 0.372 e. The van der Waals surface area contributed by atoms with Crippen LogP contribution in [0.2, 0.25) is 0 Å².